The predicted octanol–water partition coefficient (Wildman–Crippen LogP) is -0.579. The highest BCUT2D eigenvalue weighted by Gasteiger charge is 2.45. The van der Waals surface area contributed by atoms with E-state index < -0.39 is 9.84 Å². The molecule has 2 bridgehead atoms. The van der Waals surface area contributed by atoms with E-state index in [0.29, 0.717) is 19.6 Å². The number of likely N-dealkylation sites (tertiary alicyclic amines) is 1. The van der Waals surface area contributed by atoms with Crippen LogP contribution in [0.2, 0.25) is 0 Å². The summed E-state index contributed by atoms with van der Waals surface area (Å²) in [6.45, 7) is 1.27. The van der Waals surface area contributed by atoms with Crippen molar-refractivity contribution >= 4 is 15.7 Å². The normalized spacial score (nSPS) is 40.5. The van der Waals surface area contributed by atoms with Gasteiger partial charge in [0.2, 0.25) is 5.91 Å². The van der Waals surface area contributed by atoms with Gasteiger partial charge in [0.05, 0.1) is 36.2 Å². The van der Waals surface area contributed by atoms with Crippen LogP contribution in [0.4, 0.5) is 0 Å². The van der Waals surface area contributed by atoms with Gasteiger partial charge in [0.15, 0.2) is 9.84 Å². The number of fused-ring (bicyclic) bond motifs is 2. The van der Waals surface area contributed by atoms with E-state index in [1.807, 2.05) is 4.90 Å². The Kier molecular flexibility index (Phi) is 2.26. The molecule has 3 heterocycles. The Bertz CT molecular complexity index is 419. The number of morpholine rings is 1. The molecule has 0 aromatic heterocycles. The molecule has 3 aliphatic rings. The third kappa shape index (κ3) is 1.64. The molecule has 0 aromatic carbocycles. The lowest BCUT2D eigenvalue weighted by atomic mass is 10.1. The lowest BCUT2D eigenvalue weighted by Gasteiger charge is -2.28. The number of nitrogens with zero attached hydrogens (tertiary/aromatic N) is 1. The first-order chi connectivity index (χ1) is 7.55. The second kappa shape index (κ2) is 3.43. The van der Waals surface area contributed by atoms with Crippen LogP contribution in [0.15, 0.2) is 0 Å². The maximum absolute atomic E-state index is 12.1. The zero-order valence-electron chi connectivity index (χ0n) is 8.96. The number of hydrogen-bond donors (Lipinski definition) is 0. The number of rotatable bonds is 1. The van der Waals surface area contributed by atoms with Gasteiger partial charge in [-0.1, -0.05) is 0 Å². The van der Waals surface area contributed by atoms with Crippen LogP contribution in [-0.2, 0) is 19.4 Å². The lowest BCUT2D eigenvalue weighted by Crippen LogP contribution is -2.44. The molecule has 0 aromatic rings. The van der Waals surface area contributed by atoms with E-state index in [-0.39, 0.29) is 35.5 Å². The third-order valence-electron chi connectivity index (χ3n) is 3.77. The predicted molar refractivity (Wildman–Crippen MR) is 56.6 cm³/mol. The fourth-order valence-corrected chi connectivity index (χ4v) is 4.63. The minimum atomic E-state index is -2.96. The largest absolute Gasteiger partial charge is 0.374 e. The summed E-state index contributed by atoms with van der Waals surface area (Å²) in [6, 6.07) is 0.195. The maximum Gasteiger partial charge on any atom is 0.227 e. The highest BCUT2D eigenvalue weighted by molar-refractivity contribution is 7.91. The van der Waals surface area contributed by atoms with E-state index in [1.54, 1.807) is 0 Å². The molecule has 0 radical (unpaired) electrons. The van der Waals surface area contributed by atoms with Gasteiger partial charge in [-0.15, -0.1) is 0 Å². The summed E-state index contributed by atoms with van der Waals surface area (Å²) in [5.74, 6) is -0.0659. The Morgan fingerprint density at radius 3 is 2.69 bits per heavy atom. The van der Waals surface area contributed by atoms with Crippen molar-refractivity contribution in [1.29, 1.82) is 0 Å². The van der Waals surface area contributed by atoms with Crippen LogP contribution in [-0.4, -0.2) is 56.0 Å². The minimum absolute atomic E-state index is 0.0249. The summed E-state index contributed by atoms with van der Waals surface area (Å²) in [7, 11) is -2.96. The monoisotopic (exact) mass is 245 g/mol. The molecular weight excluding hydrogens is 230 g/mol. The quantitative estimate of drug-likeness (QED) is 0.620. The van der Waals surface area contributed by atoms with Crippen LogP contribution in [0.1, 0.15) is 12.8 Å². The Morgan fingerprint density at radius 1 is 1.38 bits per heavy atom. The second-order valence-electron chi connectivity index (χ2n) is 4.94. The second-order valence-corrected chi connectivity index (χ2v) is 7.16. The third-order valence-corrected chi connectivity index (χ3v) is 5.53. The van der Waals surface area contributed by atoms with Crippen LogP contribution < -0.4 is 0 Å². The van der Waals surface area contributed by atoms with E-state index in [2.05, 4.69) is 0 Å². The van der Waals surface area contributed by atoms with Crippen molar-refractivity contribution in [3.63, 3.8) is 0 Å². The van der Waals surface area contributed by atoms with Gasteiger partial charge in [0, 0.05) is 6.54 Å². The van der Waals surface area contributed by atoms with Crippen molar-refractivity contribution in [2.24, 2.45) is 5.92 Å². The van der Waals surface area contributed by atoms with Crippen molar-refractivity contribution in [3.05, 3.63) is 0 Å². The molecule has 0 saturated carbocycles. The van der Waals surface area contributed by atoms with E-state index >= 15 is 0 Å². The average molecular weight is 245 g/mol. The topological polar surface area (TPSA) is 63.7 Å². The Hall–Kier alpha value is -0.620. The first-order valence-corrected chi connectivity index (χ1v) is 7.50. The van der Waals surface area contributed by atoms with Crippen LogP contribution in [0.3, 0.4) is 0 Å². The van der Waals surface area contributed by atoms with Gasteiger partial charge in [-0.3, -0.25) is 4.79 Å². The van der Waals surface area contributed by atoms with Gasteiger partial charge < -0.3 is 9.64 Å². The minimum Gasteiger partial charge on any atom is -0.374 e. The first-order valence-electron chi connectivity index (χ1n) is 5.68. The molecule has 0 N–H and O–H groups in total. The fourth-order valence-electron chi connectivity index (χ4n) is 2.89. The van der Waals surface area contributed by atoms with E-state index in [1.165, 1.54) is 0 Å². The van der Waals surface area contributed by atoms with Crippen LogP contribution >= 0.6 is 0 Å². The molecule has 3 saturated heterocycles. The molecule has 6 heteroatoms. The number of hydrogen-bond acceptors (Lipinski definition) is 4. The molecule has 0 spiro atoms. The van der Waals surface area contributed by atoms with Gasteiger partial charge in [-0.2, -0.15) is 0 Å². The fraction of sp³-hybridized carbons (Fsp3) is 0.900. The summed E-state index contributed by atoms with van der Waals surface area (Å²) >= 11 is 0. The van der Waals surface area contributed by atoms with Crippen LogP contribution in [0.25, 0.3) is 0 Å². The summed E-state index contributed by atoms with van der Waals surface area (Å²) < 4.78 is 28.1. The number of amides is 1. The summed E-state index contributed by atoms with van der Waals surface area (Å²) in [5.41, 5.74) is 0. The van der Waals surface area contributed by atoms with Gasteiger partial charge in [-0.25, -0.2) is 8.42 Å². The van der Waals surface area contributed by atoms with Crippen molar-refractivity contribution < 1.29 is 17.9 Å². The molecule has 3 atom stereocenters. The molecule has 90 valence electrons. The Balaban J connectivity index is 1.70. The van der Waals surface area contributed by atoms with Gasteiger partial charge in [0.25, 0.3) is 0 Å². The van der Waals surface area contributed by atoms with Crippen molar-refractivity contribution in [2.45, 2.75) is 25.0 Å². The van der Waals surface area contributed by atoms with Gasteiger partial charge >= 0.3 is 0 Å². The van der Waals surface area contributed by atoms with Gasteiger partial charge in [-0.05, 0) is 12.8 Å². The summed E-state index contributed by atoms with van der Waals surface area (Å²) in [5, 5.41) is 0. The zero-order chi connectivity index (χ0) is 11.3. The molecule has 1 amide bonds. The van der Waals surface area contributed by atoms with Crippen LogP contribution in [0.5, 0.6) is 0 Å². The highest BCUT2D eigenvalue weighted by atomic mass is 32.2. The molecule has 0 aliphatic carbocycles. The van der Waals surface area contributed by atoms with Crippen molar-refractivity contribution in [1.82, 2.24) is 4.90 Å². The number of carbonyl (C=O) groups is 1. The van der Waals surface area contributed by atoms with E-state index in [9.17, 15) is 13.2 Å². The first kappa shape index (κ1) is 10.5. The average Bonchev–Trinajstić information content (AvgIpc) is 2.90. The molecule has 16 heavy (non-hydrogen) atoms. The SMILES string of the molecule is O=C(C1CCS(=O)(=O)C1)N1CC2CC1CO2. The zero-order valence-corrected chi connectivity index (χ0v) is 9.78. The summed E-state index contributed by atoms with van der Waals surface area (Å²) in [4.78, 5) is 14.0. The van der Waals surface area contributed by atoms with Crippen LogP contribution in [0, 0.1) is 5.92 Å². The number of sulfone groups is 1. The standard InChI is InChI=1S/C10H15NO4S/c12-10(7-1-2-16(13,14)6-7)11-4-9-3-8(11)5-15-9/h7-9H,1-6H2. The molecular formula is C10H15NO4S. The maximum atomic E-state index is 12.1. The molecule has 3 rings (SSSR count). The molecule has 3 fully saturated rings. The van der Waals surface area contributed by atoms with Crippen molar-refractivity contribution in [3.8, 4) is 0 Å². The van der Waals surface area contributed by atoms with Crippen molar-refractivity contribution in [2.75, 3.05) is 24.7 Å². The molecule has 5 nitrogen and oxygen atoms in total. The van der Waals surface area contributed by atoms with Gasteiger partial charge in [0.1, 0.15) is 0 Å². The highest BCUT2D eigenvalue weighted by Crippen LogP contribution is 2.31. The number of carbonyl (C=O) groups excluding carboxylic acids is 1. The Morgan fingerprint density at radius 2 is 2.19 bits per heavy atom. The molecule has 3 aliphatic heterocycles. The smallest absolute Gasteiger partial charge is 0.227 e. The number of ether oxygens (including phenoxy) is 1. The van der Waals surface area contributed by atoms with E-state index in [4.69, 9.17) is 4.74 Å². The lowest BCUT2D eigenvalue weighted by molar-refractivity contribution is -0.139. The van der Waals surface area contributed by atoms with E-state index in [0.717, 1.165) is 6.42 Å². The summed E-state index contributed by atoms with van der Waals surface area (Å²) in [6.07, 6.45) is 1.60. The molecule has 3 unspecified atom stereocenters. The Labute approximate surface area is 94.7 Å².